The zero-order chi connectivity index (χ0) is 16.1. The molecule has 3 nitrogen and oxygen atoms in total. The first-order valence-corrected chi connectivity index (χ1v) is 7.77. The predicted octanol–water partition coefficient (Wildman–Crippen LogP) is 4.02. The molecule has 2 atom stereocenters. The van der Waals surface area contributed by atoms with Gasteiger partial charge in [-0.15, -0.1) is 0 Å². The standard InChI is InChI=1S/C18H22N2OS/c1-13(15-9-5-4-6-10-15)19-18(22)20(3)14(2)16-11-7-8-12-17(16)21/h4-14,21H,1-3H3,(H,19,22). The van der Waals surface area contributed by atoms with E-state index in [-0.39, 0.29) is 12.1 Å². The van der Waals surface area contributed by atoms with Crippen molar-refractivity contribution in [1.29, 1.82) is 0 Å². The smallest absolute Gasteiger partial charge is 0.169 e. The molecule has 2 rings (SSSR count). The summed E-state index contributed by atoms with van der Waals surface area (Å²) in [4.78, 5) is 1.96. The molecule has 0 radical (unpaired) electrons. The van der Waals surface area contributed by atoms with E-state index in [1.807, 2.05) is 55.3 Å². The van der Waals surface area contributed by atoms with Gasteiger partial charge in [0.15, 0.2) is 5.11 Å². The summed E-state index contributed by atoms with van der Waals surface area (Å²) in [5.41, 5.74) is 2.05. The van der Waals surface area contributed by atoms with Crippen molar-refractivity contribution in [3.05, 3.63) is 65.7 Å². The van der Waals surface area contributed by atoms with Crippen molar-refractivity contribution in [3.63, 3.8) is 0 Å². The molecule has 0 fully saturated rings. The van der Waals surface area contributed by atoms with Crippen molar-refractivity contribution in [1.82, 2.24) is 10.2 Å². The lowest BCUT2D eigenvalue weighted by Gasteiger charge is -2.30. The molecule has 0 aliphatic heterocycles. The number of phenolic OH excluding ortho intramolecular Hbond substituents is 1. The summed E-state index contributed by atoms with van der Waals surface area (Å²) in [5, 5.41) is 14.0. The van der Waals surface area contributed by atoms with E-state index in [1.54, 1.807) is 6.07 Å². The van der Waals surface area contributed by atoms with Gasteiger partial charge in [-0.3, -0.25) is 0 Å². The fourth-order valence-electron chi connectivity index (χ4n) is 2.34. The van der Waals surface area contributed by atoms with Crippen molar-refractivity contribution >= 4 is 17.3 Å². The topological polar surface area (TPSA) is 35.5 Å². The first-order valence-electron chi connectivity index (χ1n) is 7.37. The van der Waals surface area contributed by atoms with Crippen molar-refractivity contribution < 1.29 is 5.11 Å². The van der Waals surface area contributed by atoms with Crippen LogP contribution < -0.4 is 5.32 Å². The van der Waals surface area contributed by atoms with E-state index in [0.29, 0.717) is 10.9 Å². The van der Waals surface area contributed by atoms with Crippen LogP contribution in [0.3, 0.4) is 0 Å². The van der Waals surface area contributed by atoms with Gasteiger partial charge in [-0.05, 0) is 37.7 Å². The highest BCUT2D eigenvalue weighted by molar-refractivity contribution is 7.80. The van der Waals surface area contributed by atoms with Crippen LogP contribution in [0.5, 0.6) is 5.75 Å². The van der Waals surface area contributed by atoms with Gasteiger partial charge < -0.3 is 15.3 Å². The normalized spacial score (nSPS) is 13.2. The number of para-hydroxylation sites is 1. The fraction of sp³-hybridized carbons (Fsp3) is 0.278. The van der Waals surface area contributed by atoms with Crippen molar-refractivity contribution in [2.45, 2.75) is 25.9 Å². The van der Waals surface area contributed by atoms with Crippen LogP contribution in [0.25, 0.3) is 0 Å². The van der Waals surface area contributed by atoms with Gasteiger partial charge in [0, 0.05) is 12.6 Å². The average molecular weight is 314 g/mol. The van der Waals surface area contributed by atoms with Gasteiger partial charge in [0.25, 0.3) is 0 Å². The summed E-state index contributed by atoms with van der Waals surface area (Å²) in [6, 6.07) is 17.7. The van der Waals surface area contributed by atoms with Crippen LogP contribution in [-0.2, 0) is 0 Å². The van der Waals surface area contributed by atoms with Gasteiger partial charge in [-0.1, -0.05) is 48.5 Å². The van der Waals surface area contributed by atoms with Gasteiger partial charge in [0.05, 0.1) is 12.1 Å². The summed E-state index contributed by atoms with van der Waals surface area (Å²) in [5.74, 6) is 0.292. The minimum absolute atomic E-state index is 0.0100. The number of nitrogens with zero attached hydrogens (tertiary/aromatic N) is 1. The summed E-state index contributed by atoms with van der Waals surface area (Å²) < 4.78 is 0. The SMILES string of the molecule is CC(NC(=S)N(C)C(C)c1ccccc1O)c1ccccc1. The van der Waals surface area contributed by atoms with E-state index < -0.39 is 0 Å². The molecule has 0 aromatic heterocycles. The molecule has 2 aromatic rings. The maximum absolute atomic E-state index is 9.98. The molecule has 0 aliphatic rings. The Balaban J connectivity index is 2.04. The molecule has 0 heterocycles. The molecule has 4 heteroatoms. The highest BCUT2D eigenvalue weighted by Gasteiger charge is 2.18. The Morgan fingerprint density at radius 2 is 1.64 bits per heavy atom. The summed E-state index contributed by atoms with van der Waals surface area (Å²) >= 11 is 5.51. The second-order valence-electron chi connectivity index (χ2n) is 5.43. The highest BCUT2D eigenvalue weighted by Crippen LogP contribution is 2.27. The molecule has 2 N–H and O–H groups in total. The second-order valence-corrected chi connectivity index (χ2v) is 5.81. The average Bonchev–Trinajstić information content (AvgIpc) is 2.54. The third-order valence-corrected chi connectivity index (χ3v) is 4.33. The third kappa shape index (κ3) is 3.77. The maximum atomic E-state index is 9.98. The molecule has 0 saturated heterocycles. The molecule has 2 unspecified atom stereocenters. The molecular weight excluding hydrogens is 292 g/mol. The predicted molar refractivity (Wildman–Crippen MR) is 94.9 cm³/mol. The van der Waals surface area contributed by atoms with E-state index in [9.17, 15) is 5.11 Å². The number of hydrogen-bond acceptors (Lipinski definition) is 2. The maximum Gasteiger partial charge on any atom is 0.169 e. The van der Waals surface area contributed by atoms with Crippen molar-refractivity contribution in [2.24, 2.45) is 0 Å². The van der Waals surface area contributed by atoms with E-state index in [1.165, 1.54) is 5.56 Å². The number of benzene rings is 2. The number of hydrogen-bond donors (Lipinski definition) is 2. The Labute approximate surface area is 137 Å². The fourth-order valence-corrected chi connectivity index (χ4v) is 2.67. The lowest BCUT2D eigenvalue weighted by Crippen LogP contribution is -2.39. The molecule has 0 bridgehead atoms. The minimum Gasteiger partial charge on any atom is -0.508 e. The van der Waals surface area contributed by atoms with Gasteiger partial charge in [0.1, 0.15) is 5.75 Å². The van der Waals surface area contributed by atoms with Gasteiger partial charge in [0.2, 0.25) is 0 Å². The van der Waals surface area contributed by atoms with E-state index in [0.717, 1.165) is 5.56 Å². The lowest BCUT2D eigenvalue weighted by atomic mass is 10.1. The molecule has 0 spiro atoms. The van der Waals surface area contributed by atoms with Crippen molar-refractivity contribution in [2.75, 3.05) is 7.05 Å². The van der Waals surface area contributed by atoms with Crippen LogP contribution in [0.15, 0.2) is 54.6 Å². The van der Waals surface area contributed by atoms with Gasteiger partial charge >= 0.3 is 0 Å². The van der Waals surface area contributed by atoms with Crippen LogP contribution in [-0.4, -0.2) is 22.2 Å². The number of thiocarbonyl (C=S) groups is 1. The number of phenols is 1. The van der Waals surface area contributed by atoms with E-state index in [2.05, 4.69) is 24.4 Å². The van der Waals surface area contributed by atoms with E-state index >= 15 is 0 Å². The molecular formula is C18H22N2OS. The lowest BCUT2D eigenvalue weighted by molar-refractivity contribution is 0.372. The van der Waals surface area contributed by atoms with Crippen LogP contribution >= 0.6 is 12.2 Å². The largest absolute Gasteiger partial charge is 0.508 e. The Bertz CT molecular complexity index is 630. The zero-order valence-corrected chi connectivity index (χ0v) is 14.0. The Morgan fingerprint density at radius 3 is 2.27 bits per heavy atom. The molecule has 116 valence electrons. The summed E-state index contributed by atoms with van der Waals surface area (Å²) in [7, 11) is 1.93. The van der Waals surface area contributed by atoms with Crippen molar-refractivity contribution in [3.8, 4) is 5.75 Å². The Kier molecular flexibility index (Phi) is 5.39. The molecule has 0 aliphatic carbocycles. The first-order chi connectivity index (χ1) is 10.5. The van der Waals surface area contributed by atoms with Crippen LogP contribution in [0, 0.1) is 0 Å². The second kappa shape index (κ2) is 7.27. The quantitative estimate of drug-likeness (QED) is 0.836. The van der Waals surface area contributed by atoms with Gasteiger partial charge in [-0.25, -0.2) is 0 Å². The molecule has 22 heavy (non-hydrogen) atoms. The number of rotatable bonds is 4. The number of aromatic hydroxyl groups is 1. The van der Waals surface area contributed by atoms with E-state index in [4.69, 9.17) is 12.2 Å². The Morgan fingerprint density at radius 1 is 1.05 bits per heavy atom. The van der Waals surface area contributed by atoms with Crippen LogP contribution in [0.1, 0.15) is 37.1 Å². The summed E-state index contributed by atoms with van der Waals surface area (Å²) in [6.07, 6.45) is 0. The monoisotopic (exact) mass is 314 g/mol. The third-order valence-electron chi connectivity index (χ3n) is 3.93. The summed E-state index contributed by atoms with van der Waals surface area (Å²) in [6.45, 7) is 4.11. The zero-order valence-electron chi connectivity index (χ0n) is 13.2. The number of nitrogens with one attached hydrogen (secondary N) is 1. The highest BCUT2D eigenvalue weighted by atomic mass is 32.1. The molecule has 0 amide bonds. The molecule has 0 saturated carbocycles. The first kappa shape index (κ1) is 16.3. The minimum atomic E-state index is -0.0100. The molecule has 2 aromatic carbocycles. The van der Waals surface area contributed by atoms with Crippen LogP contribution in [0.2, 0.25) is 0 Å². The van der Waals surface area contributed by atoms with Crippen LogP contribution in [0.4, 0.5) is 0 Å². The Hall–Kier alpha value is -2.07. The van der Waals surface area contributed by atoms with Gasteiger partial charge in [-0.2, -0.15) is 0 Å².